The molecule has 0 amide bonds. The van der Waals surface area contributed by atoms with Crippen LogP contribution in [0.3, 0.4) is 0 Å². The van der Waals surface area contributed by atoms with E-state index in [1.165, 1.54) is 0 Å². The molecule has 0 atom stereocenters. The fourth-order valence-electron chi connectivity index (χ4n) is 0.482. The summed E-state index contributed by atoms with van der Waals surface area (Å²) >= 11 is 0. The molecule has 0 fully saturated rings. The van der Waals surface area contributed by atoms with E-state index in [1.807, 2.05) is 0 Å². The van der Waals surface area contributed by atoms with E-state index in [1.54, 1.807) is 26.0 Å². The van der Waals surface area contributed by atoms with Gasteiger partial charge >= 0.3 is 0 Å². The van der Waals surface area contributed by atoms with Crippen LogP contribution in [0.4, 0.5) is 0 Å². The summed E-state index contributed by atoms with van der Waals surface area (Å²) in [5.41, 5.74) is 1.61. The van der Waals surface area contributed by atoms with Crippen molar-refractivity contribution in [2.45, 2.75) is 13.8 Å². The van der Waals surface area contributed by atoms with E-state index in [2.05, 4.69) is 23.7 Å². The molecule has 0 aliphatic heterocycles. The number of hydrogen-bond donors (Lipinski definition) is 2. The van der Waals surface area contributed by atoms with Gasteiger partial charge in [0, 0.05) is 0 Å². The molecule has 74 valence electrons. The van der Waals surface area contributed by atoms with Crippen LogP contribution in [0.2, 0.25) is 0 Å². The van der Waals surface area contributed by atoms with Crippen molar-refractivity contribution in [3.05, 3.63) is 23.3 Å². The maximum absolute atomic E-state index is 8.63. The lowest BCUT2D eigenvalue weighted by Crippen LogP contribution is -1.81. The summed E-state index contributed by atoms with van der Waals surface area (Å²) in [5, 5.41) is 17.3. The predicted octanol–water partition coefficient (Wildman–Crippen LogP) is 0.870. The van der Waals surface area contributed by atoms with Crippen LogP contribution in [-0.4, -0.2) is 23.4 Å². The monoisotopic (exact) mass is 190 g/mol. The Morgan fingerprint density at radius 1 is 0.929 bits per heavy atom. The Morgan fingerprint density at radius 2 is 1.29 bits per heavy atom. The highest BCUT2D eigenvalue weighted by Gasteiger charge is 1.78. The van der Waals surface area contributed by atoms with Crippen LogP contribution in [0.5, 0.6) is 0 Å². The highest BCUT2D eigenvalue weighted by Crippen LogP contribution is 1.87. The fourth-order valence-corrected chi connectivity index (χ4v) is 0.482. The van der Waals surface area contributed by atoms with Gasteiger partial charge in [-0.3, -0.25) is 0 Å². The first-order valence-electron chi connectivity index (χ1n) is 4.24. The minimum Gasteiger partial charge on any atom is -0.392 e. The third kappa shape index (κ3) is 7.18. The van der Waals surface area contributed by atoms with Crippen LogP contribution in [-0.2, 0) is 0 Å². The first kappa shape index (κ1) is 12.5. The van der Waals surface area contributed by atoms with Gasteiger partial charge in [0.1, 0.15) is 0 Å². The predicted molar refractivity (Wildman–Crippen MR) is 57.2 cm³/mol. The Hall–Kier alpha value is -1.48. The third-order valence-electron chi connectivity index (χ3n) is 1.34. The molecule has 0 aliphatic carbocycles. The zero-order chi connectivity index (χ0) is 10.8. The van der Waals surface area contributed by atoms with Crippen LogP contribution in [0, 0.1) is 23.7 Å². The van der Waals surface area contributed by atoms with Gasteiger partial charge in [-0.25, -0.2) is 0 Å². The molecule has 0 aliphatic rings. The van der Waals surface area contributed by atoms with Gasteiger partial charge in [0.2, 0.25) is 0 Å². The molecule has 0 bridgehead atoms. The Kier molecular flexibility index (Phi) is 7.27. The van der Waals surface area contributed by atoms with Crippen LogP contribution in [0.25, 0.3) is 0 Å². The molecular formula is C12H14O2. The largest absolute Gasteiger partial charge is 0.392 e. The molecule has 0 saturated carbocycles. The summed E-state index contributed by atoms with van der Waals surface area (Å²) in [5.74, 6) is 10.6. The molecule has 0 saturated heterocycles. The van der Waals surface area contributed by atoms with E-state index in [4.69, 9.17) is 10.2 Å². The van der Waals surface area contributed by atoms with Gasteiger partial charge in [0.15, 0.2) is 0 Å². The lowest BCUT2D eigenvalue weighted by atomic mass is 10.3. The van der Waals surface area contributed by atoms with Crippen molar-refractivity contribution >= 4 is 0 Å². The SMILES string of the molecule is C/C(=C/C#CC#C/C=C(/C)CO)CO. The summed E-state index contributed by atoms with van der Waals surface area (Å²) in [6.07, 6.45) is 3.24. The molecule has 0 aromatic heterocycles. The summed E-state index contributed by atoms with van der Waals surface area (Å²) in [6.45, 7) is 3.62. The number of allylic oxidation sites excluding steroid dienone is 2. The van der Waals surface area contributed by atoms with E-state index in [-0.39, 0.29) is 13.2 Å². The Labute approximate surface area is 85.0 Å². The van der Waals surface area contributed by atoms with Gasteiger partial charge in [0.25, 0.3) is 0 Å². The average molecular weight is 190 g/mol. The minimum absolute atomic E-state index is 0.0195. The van der Waals surface area contributed by atoms with E-state index >= 15 is 0 Å². The van der Waals surface area contributed by atoms with Gasteiger partial charge in [0.05, 0.1) is 13.2 Å². The van der Waals surface area contributed by atoms with Crippen molar-refractivity contribution in [3.8, 4) is 23.7 Å². The lowest BCUT2D eigenvalue weighted by molar-refractivity contribution is 0.331. The first-order chi connectivity index (χ1) is 6.70. The first-order valence-corrected chi connectivity index (χ1v) is 4.24. The number of hydrogen-bond acceptors (Lipinski definition) is 2. The molecule has 14 heavy (non-hydrogen) atoms. The second kappa shape index (κ2) is 8.13. The Morgan fingerprint density at radius 3 is 1.57 bits per heavy atom. The zero-order valence-electron chi connectivity index (χ0n) is 8.46. The van der Waals surface area contributed by atoms with Crippen LogP contribution in [0.1, 0.15) is 13.8 Å². The van der Waals surface area contributed by atoms with E-state index < -0.39 is 0 Å². The van der Waals surface area contributed by atoms with E-state index in [9.17, 15) is 0 Å². The second-order valence-corrected chi connectivity index (χ2v) is 2.84. The van der Waals surface area contributed by atoms with Gasteiger partial charge in [-0.1, -0.05) is 11.8 Å². The lowest BCUT2D eigenvalue weighted by Gasteiger charge is -1.85. The van der Waals surface area contributed by atoms with Crippen molar-refractivity contribution in [3.63, 3.8) is 0 Å². The molecule has 0 radical (unpaired) electrons. The highest BCUT2D eigenvalue weighted by atomic mass is 16.3. The van der Waals surface area contributed by atoms with Crippen molar-refractivity contribution in [1.82, 2.24) is 0 Å². The third-order valence-corrected chi connectivity index (χ3v) is 1.34. The molecule has 0 spiro atoms. The Bertz CT molecular complexity index is 304. The van der Waals surface area contributed by atoms with Crippen molar-refractivity contribution in [2.24, 2.45) is 0 Å². The maximum Gasteiger partial charge on any atom is 0.0648 e. The molecular weight excluding hydrogens is 176 g/mol. The van der Waals surface area contributed by atoms with Crippen LogP contribution in [0.15, 0.2) is 23.3 Å². The molecule has 0 unspecified atom stereocenters. The second-order valence-electron chi connectivity index (χ2n) is 2.84. The van der Waals surface area contributed by atoms with E-state index in [0.29, 0.717) is 0 Å². The highest BCUT2D eigenvalue weighted by molar-refractivity contribution is 5.35. The zero-order valence-corrected chi connectivity index (χ0v) is 8.46. The molecule has 2 heteroatoms. The quantitative estimate of drug-likeness (QED) is 0.634. The normalized spacial score (nSPS) is 11.1. The number of aliphatic hydroxyl groups excluding tert-OH is 2. The van der Waals surface area contributed by atoms with Gasteiger partial charge in [-0.05, 0) is 49.0 Å². The van der Waals surface area contributed by atoms with E-state index in [0.717, 1.165) is 11.1 Å². The topological polar surface area (TPSA) is 40.5 Å². The molecule has 2 N–H and O–H groups in total. The Balaban J connectivity index is 4.16. The maximum atomic E-state index is 8.63. The summed E-state index contributed by atoms with van der Waals surface area (Å²) in [7, 11) is 0. The fraction of sp³-hybridized carbons (Fsp3) is 0.333. The van der Waals surface area contributed by atoms with Crippen LogP contribution >= 0.6 is 0 Å². The van der Waals surface area contributed by atoms with Crippen LogP contribution < -0.4 is 0 Å². The molecule has 0 aromatic carbocycles. The number of aliphatic hydroxyl groups is 2. The summed E-state index contributed by atoms with van der Waals surface area (Å²) in [6, 6.07) is 0. The molecule has 0 rings (SSSR count). The molecule has 0 heterocycles. The summed E-state index contributed by atoms with van der Waals surface area (Å²) in [4.78, 5) is 0. The van der Waals surface area contributed by atoms with Gasteiger partial charge in [-0.15, -0.1) is 0 Å². The smallest absolute Gasteiger partial charge is 0.0648 e. The average Bonchev–Trinajstić information content (AvgIpc) is 2.22. The minimum atomic E-state index is 0.0195. The molecule has 2 nitrogen and oxygen atoms in total. The van der Waals surface area contributed by atoms with Gasteiger partial charge in [-0.2, -0.15) is 0 Å². The standard InChI is InChI=1S/C12H14O2/c1-11(9-13)7-5-3-4-6-8-12(2)10-14/h7-8,13-14H,9-10H2,1-2H3/b11-7-,12-8-. The summed E-state index contributed by atoms with van der Waals surface area (Å²) < 4.78 is 0. The van der Waals surface area contributed by atoms with Crippen molar-refractivity contribution in [2.75, 3.05) is 13.2 Å². The molecule has 0 aromatic rings. The van der Waals surface area contributed by atoms with Crippen molar-refractivity contribution < 1.29 is 10.2 Å². The number of rotatable bonds is 2. The van der Waals surface area contributed by atoms with Gasteiger partial charge < -0.3 is 10.2 Å². The van der Waals surface area contributed by atoms with Crippen molar-refractivity contribution in [1.29, 1.82) is 0 Å².